The molecule has 2 heterocycles. The summed E-state index contributed by atoms with van der Waals surface area (Å²) in [4.78, 5) is 28.1. The zero-order valence-corrected chi connectivity index (χ0v) is 28.5. The van der Waals surface area contributed by atoms with Crippen LogP contribution in [0.1, 0.15) is 22.5 Å². The molecule has 0 spiro atoms. The van der Waals surface area contributed by atoms with E-state index in [1.165, 1.54) is 35.4 Å². The first-order chi connectivity index (χ1) is 24.7. The van der Waals surface area contributed by atoms with E-state index in [4.69, 9.17) is 19.0 Å². The summed E-state index contributed by atoms with van der Waals surface area (Å²) in [5.41, 5.74) is 2.75. The average Bonchev–Trinajstić information content (AvgIpc) is 3.75. The highest BCUT2D eigenvalue weighted by atomic mass is 32.2. The van der Waals surface area contributed by atoms with E-state index < -0.39 is 15.9 Å². The molecule has 0 aliphatic carbocycles. The summed E-state index contributed by atoms with van der Waals surface area (Å²) in [7, 11) is -3.86. The van der Waals surface area contributed by atoms with Crippen molar-refractivity contribution < 1.29 is 31.9 Å². The Morgan fingerprint density at radius 1 is 0.922 bits per heavy atom. The number of para-hydroxylation sites is 1. The summed E-state index contributed by atoms with van der Waals surface area (Å²) in [5.74, 6) is 0.838. The molecule has 14 heteroatoms. The van der Waals surface area contributed by atoms with Crippen LogP contribution >= 0.6 is 11.8 Å². The molecule has 12 nitrogen and oxygen atoms in total. The lowest BCUT2D eigenvalue weighted by Crippen LogP contribution is -2.28. The van der Waals surface area contributed by atoms with Crippen LogP contribution in [0.4, 0.5) is 5.69 Å². The number of ether oxygens (including phenoxy) is 2. The van der Waals surface area contributed by atoms with Crippen LogP contribution < -0.4 is 19.9 Å². The molecule has 3 N–H and O–H groups in total. The Balaban J connectivity index is 1.15. The van der Waals surface area contributed by atoms with E-state index >= 15 is 0 Å². The minimum absolute atomic E-state index is 0.0733. The number of nitrogens with two attached hydrogens (primary N) is 1. The van der Waals surface area contributed by atoms with Crippen molar-refractivity contribution >= 4 is 56.7 Å². The fraction of sp³-hybridized carbons (Fsp3) is 0.0811. The van der Waals surface area contributed by atoms with Crippen molar-refractivity contribution in [1.29, 1.82) is 0 Å². The highest BCUT2D eigenvalue weighted by Gasteiger charge is 2.34. The van der Waals surface area contributed by atoms with Crippen molar-refractivity contribution in [1.82, 2.24) is 4.90 Å². The molecule has 1 aliphatic heterocycles. The number of benzene rings is 4. The SMILES string of the molecule is NS(=O)(=O)c1ccc(NC(=O)COc2ccccc2/C=C2\S/C(=N\N=C\c3cccc(OCc4ccccc4)c3)N(Cc3ccco3)C2=O)cc1. The standard InChI is InChI=1S/C37H31N5O7S2/c38-51(45,46)32-17-15-29(16-18-32)40-35(43)25-49-33-14-5-4-11-28(33)21-34-36(44)42(23-31-13-7-19-47-31)37(50-34)41-39-22-27-10-6-12-30(20-27)48-24-26-8-2-1-3-9-26/h1-22H,23-25H2,(H,40,43)(H2,38,45,46)/b34-21-,39-22+,41-37-. The van der Waals surface area contributed by atoms with Crippen molar-refractivity contribution in [2.45, 2.75) is 18.0 Å². The van der Waals surface area contributed by atoms with Gasteiger partial charge in [0.15, 0.2) is 11.8 Å². The number of anilines is 1. The number of carbonyl (C=O) groups is 2. The molecule has 0 bridgehead atoms. The number of thioether (sulfide) groups is 1. The maximum atomic E-state index is 13.7. The summed E-state index contributed by atoms with van der Waals surface area (Å²) in [5, 5.41) is 16.8. The van der Waals surface area contributed by atoms with E-state index in [9.17, 15) is 18.0 Å². The minimum Gasteiger partial charge on any atom is -0.489 e. The van der Waals surface area contributed by atoms with Crippen molar-refractivity contribution in [3.8, 4) is 11.5 Å². The summed E-state index contributed by atoms with van der Waals surface area (Å²) < 4.78 is 40.2. The van der Waals surface area contributed by atoms with Crippen LogP contribution in [0.15, 0.2) is 146 Å². The number of sulfonamides is 1. The average molecular weight is 722 g/mol. The lowest BCUT2D eigenvalue weighted by molar-refractivity contribution is -0.122. The highest BCUT2D eigenvalue weighted by Crippen LogP contribution is 2.35. The molecule has 0 saturated carbocycles. The number of nitrogens with one attached hydrogen (secondary N) is 1. The molecule has 0 unspecified atom stereocenters. The van der Waals surface area contributed by atoms with Crippen LogP contribution in [0.25, 0.3) is 6.08 Å². The van der Waals surface area contributed by atoms with Gasteiger partial charge in [-0.05, 0) is 83.6 Å². The summed E-state index contributed by atoms with van der Waals surface area (Å²) >= 11 is 1.15. The quantitative estimate of drug-likeness (QED) is 0.0845. The first-order valence-electron chi connectivity index (χ1n) is 15.5. The molecule has 5 aromatic rings. The van der Waals surface area contributed by atoms with Crippen molar-refractivity contribution in [3.05, 3.63) is 149 Å². The molecule has 0 atom stereocenters. The van der Waals surface area contributed by atoms with Gasteiger partial charge in [0.05, 0.1) is 28.8 Å². The maximum Gasteiger partial charge on any atom is 0.267 e. The third-order valence-corrected chi connectivity index (χ3v) is 9.20. The summed E-state index contributed by atoms with van der Waals surface area (Å²) in [6, 6.07) is 33.3. The van der Waals surface area contributed by atoms with Gasteiger partial charge >= 0.3 is 0 Å². The molecule has 4 aromatic carbocycles. The first-order valence-corrected chi connectivity index (χ1v) is 17.8. The van der Waals surface area contributed by atoms with Crippen molar-refractivity contribution in [2.24, 2.45) is 15.3 Å². The van der Waals surface area contributed by atoms with E-state index in [1.807, 2.05) is 54.6 Å². The molecule has 2 amide bonds. The predicted octanol–water partition coefficient (Wildman–Crippen LogP) is 6.03. The van der Waals surface area contributed by atoms with Crippen molar-refractivity contribution in [3.63, 3.8) is 0 Å². The Morgan fingerprint density at radius 2 is 1.71 bits per heavy atom. The smallest absolute Gasteiger partial charge is 0.267 e. The number of amidine groups is 1. The number of amides is 2. The van der Waals surface area contributed by atoms with Gasteiger partial charge in [0.25, 0.3) is 11.8 Å². The predicted molar refractivity (Wildman–Crippen MR) is 195 cm³/mol. The van der Waals surface area contributed by atoms with Gasteiger partial charge in [0.2, 0.25) is 10.0 Å². The number of primary sulfonamides is 1. The number of hydrogen-bond acceptors (Lipinski definition) is 10. The Morgan fingerprint density at radius 3 is 2.47 bits per heavy atom. The van der Waals surface area contributed by atoms with E-state index in [0.29, 0.717) is 45.2 Å². The van der Waals surface area contributed by atoms with Gasteiger partial charge in [0.1, 0.15) is 23.9 Å². The fourth-order valence-corrected chi connectivity index (χ4v) is 6.23. The molecule has 51 heavy (non-hydrogen) atoms. The Hall–Kier alpha value is -5.96. The zero-order chi connectivity index (χ0) is 35.6. The van der Waals surface area contributed by atoms with Crippen LogP contribution in [-0.4, -0.2) is 43.1 Å². The minimum atomic E-state index is -3.86. The van der Waals surface area contributed by atoms with Gasteiger partial charge in [-0.1, -0.05) is 60.7 Å². The van der Waals surface area contributed by atoms with Gasteiger partial charge in [-0.25, -0.2) is 13.6 Å². The second-order valence-corrected chi connectivity index (χ2v) is 13.6. The van der Waals surface area contributed by atoms with Gasteiger partial charge < -0.3 is 19.2 Å². The van der Waals surface area contributed by atoms with E-state index in [2.05, 4.69) is 15.5 Å². The maximum absolute atomic E-state index is 13.7. The number of rotatable bonds is 13. The lowest BCUT2D eigenvalue weighted by Gasteiger charge is -2.12. The molecule has 1 fully saturated rings. The third kappa shape index (κ3) is 9.60. The topological polar surface area (TPSA) is 166 Å². The highest BCUT2D eigenvalue weighted by molar-refractivity contribution is 8.18. The molecule has 6 rings (SSSR count). The number of nitrogens with zero attached hydrogens (tertiary/aromatic N) is 3. The number of hydrogen-bond donors (Lipinski definition) is 2. The number of carbonyl (C=O) groups excluding carboxylic acids is 2. The van der Waals surface area contributed by atoms with Crippen molar-refractivity contribution in [2.75, 3.05) is 11.9 Å². The van der Waals surface area contributed by atoms with Gasteiger partial charge in [-0.2, -0.15) is 5.10 Å². The second kappa shape index (κ2) is 16.2. The summed E-state index contributed by atoms with van der Waals surface area (Å²) in [6.45, 7) is 0.229. The van der Waals surface area contributed by atoms with E-state index in [1.54, 1.807) is 48.7 Å². The lowest BCUT2D eigenvalue weighted by atomic mass is 10.2. The largest absolute Gasteiger partial charge is 0.489 e. The zero-order valence-electron chi connectivity index (χ0n) is 26.9. The number of furan rings is 1. The molecular formula is C37H31N5O7S2. The van der Waals surface area contributed by atoms with Crippen LogP contribution in [0.2, 0.25) is 0 Å². The Labute approximate surface area is 298 Å². The molecule has 258 valence electrons. The van der Waals surface area contributed by atoms with Crippen LogP contribution in [-0.2, 0) is 32.8 Å². The Bertz CT molecular complexity index is 2200. The van der Waals surface area contributed by atoms with Gasteiger partial charge in [-0.3, -0.25) is 14.5 Å². The monoisotopic (exact) mass is 721 g/mol. The first kappa shape index (κ1) is 34.9. The normalized spacial score (nSPS) is 14.8. The fourth-order valence-electron chi connectivity index (χ4n) is 4.79. The third-order valence-electron chi connectivity index (χ3n) is 7.27. The molecule has 1 aromatic heterocycles. The van der Waals surface area contributed by atoms with Crippen LogP contribution in [0, 0.1) is 0 Å². The summed E-state index contributed by atoms with van der Waals surface area (Å²) in [6.07, 6.45) is 4.79. The van der Waals surface area contributed by atoms with Crippen LogP contribution in [0.5, 0.6) is 11.5 Å². The molecule has 0 radical (unpaired) electrons. The molecule has 1 aliphatic rings. The Kier molecular flexibility index (Phi) is 11.1. The van der Waals surface area contributed by atoms with Gasteiger partial charge in [-0.15, -0.1) is 5.10 Å². The van der Waals surface area contributed by atoms with Crippen LogP contribution in [0.3, 0.4) is 0 Å². The molecular weight excluding hydrogens is 691 g/mol. The second-order valence-electron chi connectivity index (χ2n) is 11.0. The van der Waals surface area contributed by atoms with Gasteiger partial charge in [0, 0.05) is 11.3 Å². The van der Waals surface area contributed by atoms with E-state index in [0.717, 1.165) is 22.9 Å². The molecule has 1 saturated heterocycles. The van der Waals surface area contributed by atoms with E-state index in [-0.39, 0.29) is 24.0 Å².